The number of rotatable bonds is 5. The molecule has 0 aromatic heterocycles. The van der Waals surface area contributed by atoms with Crippen molar-refractivity contribution in [1.29, 1.82) is 0 Å². The van der Waals surface area contributed by atoms with Crippen LogP contribution in [-0.4, -0.2) is 13.7 Å². The summed E-state index contributed by atoms with van der Waals surface area (Å²) < 4.78 is 5.16. The quantitative estimate of drug-likeness (QED) is 0.840. The number of nitrogens with two attached hydrogens (primary N) is 1. The van der Waals surface area contributed by atoms with Gasteiger partial charge in [0.15, 0.2) is 0 Å². The van der Waals surface area contributed by atoms with E-state index in [2.05, 4.69) is 13.0 Å². The highest BCUT2D eigenvalue weighted by Gasteiger charge is 2.13. The predicted molar refractivity (Wildman–Crippen MR) is 64.3 cm³/mol. The van der Waals surface area contributed by atoms with Gasteiger partial charge in [0, 0.05) is 12.1 Å². The monoisotopic (exact) mass is 227 g/mol. The molecule has 0 amide bonds. The zero-order chi connectivity index (χ0) is 11.3. The van der Waals surface area contributed by atoms with Crippen LogP contribution in [0.1, 0.15) is 30.4 Å². The largest absolute Gasteiger partial charge is 0.380 e. The molecule has 2 nitrogen and oxygen atoms in total. The van der Waals surface area contributed by atoms with Crippen LogP contribution in [0.25, 0.3) is 0 Å². The van der Waals surface area contributed by atoms with Gasteiger partial charge in [0.25, 0.3) is 0 Å². The van der Waals surface area contributed by atoms with Crippen molar-refractivity contribution in [3.8, 4) is 0 Å². The number of halogens is 1. The summed E-state index contributed by atoms with van der Waals surface area (Å²) in [5, 5.41) is 0.811. The Kier molecular flexibility index (Phi) is 5.09. The van der Waals surface area contributed by atoms with E-state index in [4.69, 9.17) is 22.1 Å². The molecule has 15 heavy (non-hydrogen) atoms. The van der Waals surface area contributed by atoms with Crippen LogP contribution in [0, 0.1) is 0 Å². The van der Waals surface area contributed by atoms with E-state index in [0.717, 1.165) is 17.0 Å². The van der Waals surface area contributed by atoms with Crippen LogP contribution in [0.4, 0.5) is 0 Å². The van der Waals surface area contributed by atoms with Crippen molar-refractivity contribution in [3.05, 3.63) is 34.3 Å². The normalized spacial score (nSPS) is 12.8. The van der Waals surface area contributed by atoms with Gasteiger partial charge in [0.05, 0.1) is 6.61 Å². The molecular weight excluding hydrogens is 210 g/mol. The summed E-state index contributed by atoms with van der Waals surface area (Å²) in [6.45, 7) is 3.43. The highest BCUT2D eigenvalue weighted by molar-refractivity contribution is 6.31. The third kappa shape index (κ3) is 3.20. The highest BCUT2D eigenvalue weighted by atomic mass is 35.5. The molecule has 0 saturated heterocycles. The second kappa shape index (κ2) is 6.11. The van der Waals surface area contributed by atoms with Gasteiger partial charge >= 0.3 is 0 Å². The van der Waals surface area contributed by atoms with Crippen LogP contribution >= 0.6 is 11.6 Å². The summed E-state index contributed by atoms with van der Waals surface area (Å²) in [7, 11) is 1.69. The van der Waals surface area contributed by atoms with Gasteiger partial charge in [-0.2, -0.15) is 0 Å². The Morgan fingerprint density at radius 2 is 2.20 bits per heavy atom. The molecule has 1 aromatic rings. The van der Waals surface area contributed by atoms with E-state index < -0.39 is 0 Å². The average Bonchev–Trinajstić information content (AvgIpc) is 2.18. The lowest BCUT2D eigenvalue weighted by molar-refractivity contribution is 0.184. The van der Waals surface area contributed by atoms with Gasteiger partial charge in [-0.25, -0.2) is 0 Å². The predicted octanol–water partition coefficient (Wildman–Crippen LogP) is 2.94. The van der Waals surface area contributed by atoms with Crippen molar-refractivity contribution < 1.29 is 4.74 Å². The number of hydrogen-bond donors (Lipinski definition) is 1. The molecule has 0 heterocycles. The molecule has 84 valence electrons. The van der Waals surface area contributed by atoms with E-state index >= 15 is 0 Å². The van der Waals surface area contributed by atoms with Gasteiger partial charge in [0.1, 0.15) is 0 Å². The Hall–Kier alpha value is -0.570. The molecule has 0 spiro atoms. The molecule has 0 fully saturated rings. The third-order valence-electron chi connectivity index (χ3n) is 2.54. The van der Waals surface area contributed by atoms with Crippen molar-refractivity contribution >= 4 is 11.6 Å². The lowest BCUT2D eigenvalue weighted by Crippen LogP contribution is -2.07. The molecule has 0 aliphatic heterocycles. The van der Waals surface area contributed by atoms with Crippen molar-refractivity contribution in [2.45, 2.75) is 25.9 Å². The van der Waals surface area contributed by atoms with Crippen molar-refractivity contribution in [1.82, 2.24) is 0 Å². The van der Waals surface area contributed by atoms with Crippen LogP contribution in [-0.2, 0) is 11.3 Å². The molecule has 0 aliphatic carbocycles. The fourth-order valence-corrected chi connectivity index (χ4v) is 2.19. The van der Waals surface area contributed by atoms with E-state index in [0.29, 0.717) is 19.1 Å². The first kappa shape index (κ1) is 12.5. The van der Waals surface area contributed by atoms with Crippen molar-refractivity contribution in [3.63, 3.8) is 0 Å². The lowest BCUT2D eigenvalue weighted by atomic mass is 9.93. The maximum Gasteiger partial charge on any atom is 0.0716 e. The van der Waals surface area contributed by atoms with Crippen LogP contribution in [0.5, 0.6) is 0 Å². The zero-order valence-corrected chi connectivity index (χ0v) is 10.1. The molecule has 0 saturated carbocycles. The summed E-state index contributed by atoms with van der Waals surface area (Å²) in [5.41, 5.74) is 7.90. The first-order chi connectivity index (χ1) is 7.20. The minimum Gasteiger partial charge on any atom is -0.380 e. The van der Waals surface area contributed by atoms with Gasteiger partial charge in [0.2, 0.25) is 0 Å². The Morgan fingerprint density at radius 3 is 2.80 bits per heavy atom. The smallest absolute Gasteiger partial charge is 0.0716 e. The minimum atomic E-state index is 0.383. The Labute approximate surface area is 96.4 Å². The van der Waals surface area contributed by atoms with E-state index in [1.165, 1.54) is 5.56 Å². The maximum atomic E-state index is 6.20. The summed E-state index contributed by atoms with van der Waals surface area (Å²) in [4.78, 5) is 0. The molecule has 3 heteroatoms. The lowest BCUT2D eigenvalue weighted by Gasteiger charge is -2.17. The molecule has 1 atom stereocenters. The van der Waals surface area contributed by atoms with E-state index in [9.17, 15) is 0 Å². The van der Waals surface area contributed by atoms with Gasteiger partial charge in [-0.1, -0.05) is 30.7 Å². The summed E-state index contributed by atoms with van der Waals surface area (Å²) in [6, 6.07) is 5.93. The van der Waals surface area contributed by atoms with Crippen LogP contribution < -0.4 is 5.73 Å². The Morgan fingerprint density at radius 1 is 1.47 bits per heavy atom. The molecule has 0 radical (unpaired) electrons. The Balaban J connectivity index is 3.00. The highest BCUT2D eigenvalue weighted by Crippen LogP contribution is 2.30. The van der Waals surface area contributed by atoms with Crippen molar-refractivity contribution in [2.24, 2.45) is 5.73 Å². The Bertz CT molecular complexity index is 314. The van der Waals surface area contributed by atoms with Gasteiger partial charge < -0.3 is 10.5 Å². The zero-order valence-electron chi connectivity index (χ0n) is 9.29. The van der Waals surface area contributed by atoms with Gasteiger partial charge in [-0.15, -0.1) is 0 Å². The van der Waals surface area contributed by atoms with E-state index in [1.54, 1.807) is 7.11 Å². The maximum absolute atomic E-state index is 6.20. The minimum absolute atomic E-state index is 0.383. The first-order valence-corrected chi connectivity index (χ1v) is 5.54. The third-order valence-corrected chi connectivity index (χ3v) is 2.87. The number of methoxy groups -OCH3 is 1. The first-order valence-electron chi connectivity index (χ1n) is 5.17. The molecule has 0 aliphatic rings. The second-order valence-electron chi connectivity index (χ2n) is 3.72. The second-order valence-corrected chi connectivity index (χ2v) is 4.13. The summed E-state index contributed by atoms with van der Waals surface area (Å²) in [6.07, 6.45) is 0.945. The van der Waals surface area contributed by atoms with Crippen LogP contribution in [0.3, 0.4) is 0 Å². The SMILES string of the molecule is COCc1cccc(Cl)c1C(C)CCN. The molecule has 1 aromatic carbocycles. The standard InChI is InChI=1S/C12H18ClNO/c1-9(6-7-14)12-10(8-15-2)4-3-5-11(12)13/h3-5,9H,6-8,14H2,1-2H3. The molecule has 1 rings (SSSR count). The fraction of sp³-hybridized carbons (Fsp3) is 0.500. The van der Waals surface area contributed by atoms with Gasteiger partial charge in [-0.3, -0.25) is 0 Å². The molecular formula is C12H18ClNO. The van der Waals surface area contributed by atoms with Crippen LogP contribution in [0.15, 0.2) is 18.2 Å². The van der Waals surface area contributed by atoms with E-state index in [-0.39, 0.29) is 0 Å². The summed E-state index contributed by atoms with van der Waals surface area (Å²) in [5.74, 6) is 0.383. The number of hydrogen-bond acceptors (Lipinski definition) is 2. The average molecular weight is 228 g/mol. The number of ether oxygens (including phenoxy) is 1. The summed E-state index contributed by atoms with van der Waals surface area (Å²) >= 11 is 6.20. The molecule has 2 N–H and O–H groups in total. The molecule has 0 bridgehead atoms. The van der Waals surface area contributed by atoms with Crippen molar-refractivity contribution in [2.75, 3.05) is 13.7 Å². The van der Waals surface area contributed by atoms with E-state index in [1.807, 2.05) is 12.1 Å². The fourth-order valence-electron chi connectivity index (χ4n) is 1.81. The van der Waals surface area contributed by atoms with Gasteiger partial charge in [-0.05, 0) is 36.1 Å². The molecule has 1 unspecified atom stereocenters. The van der Waals surface area contributed by atoms with Crippen LogP contribution in [0.2, 0.25) is 5.02 Å². The number of benzene rings is 1. The topological polar surface area (TPSA) is 35.2 Å².